The number of anilines is 2. The van der Waals surface area contributed by atoms with Gasteiger partial charge in [0.05, 0.1) is 5.69 Å². The van der Waals surface area contributed by atoms with Crippen molar-refractivity contribution in [2.24, 2.45) is 0 Å². The molecule has 3 nitrogen and oxygen atoms in total. The molecule has 0 saturated carbocycles. The Kier molecular flexibility index (Phi) is 3.70. The minimum absolute atomic E-state index is 0.152. The molecule has 0 aliphatic heterocycles. The van der Waals surface area contributed by atoms with Gasteiger partial charge in [-0.25, -0.2) is 18.0 Å². The van der Waals surface area contributed by atoms with Gasteiger partial charge in [-0.05, 0) is 36.4 Å². The fourth-order valence-corrected chi connectivity index (χ4v) is 1.41. The number of halogens is 3. The third kappa shape index (κ3) is 3.48. The van der Waals surface area contributed by atoms with Crippen LogP contribution in [-0.4, -0.2) is 6.03 Å². The first-order valence-electron chi connectivity index (χ1n) is 5.33. The van der Waals surface area contributed by atoms with E-state index in [1.54, 1.807) is 0 Å². The van der Waals surface area contributed by atoms with E-state index >= 15 is 0 Å². The van der Waals surface area contributed by atoms with Crippen molar-refractivity contribution in [1.29, 1.82) is 0 Å². The molecule has 0 fully saturated rings. The molecule has 6 heteroatoms. The number of carbonyl (C=O) groups is 1. The minimum Gasteiger partial charge on any atom is -0.308 e. The second-order valence-electron chi connectivity index (χ2n) is 3.71. The molecule has 0 aliphatic carbocycles. The van der Waals surface area contributed by atoms with E-state index in [0.717, 1.165) is 12.1 Å². The first-order chi connectivity index (χ1) is 9.04. The Morgan fingerprint density at radius 3 is 2.11 bits per heavy atom. The molecule has 2 N–H and O–H groups in total. The van der Waals surface area contributed by atoms with Crippen LogP contribution in [0.1, 0.15) is 0 Å². The molecule has 0 saturated heterocycles. The first kappa shape index (κ1) is 12.9. The summed E-state index contributed by atoms with van der Waals surface area (Å²) in [6.07, 6.45) is 0. The lowest BCUT2D eigenvalue weighted by molar-refractivity contribution is 0.262. The molecular formula is C13H9F3N2O. The van der Waals surface area contributed by atoms with E-state index < -0.39 is 23.5 Å². The number of hydrogen-bond donors (Lipinski definition) is 2. The molecule has 2 amide bonds. The highest BCUT2D eigenvalue weighted by atomic mass is 19.1. The number of nitrogens with one attached hydrogen (secondary N) is 2. The quantitative estimate of drug-likeness (QED) is 0.854. The van der Waals surface area contributed by atoms with Gasteiger partial charge in [0, 0.05) is 11.8 Å². The van der Waals surface area contributed by atoms with Crippen molar-refractivity contribution in [1.82, 2.24) is 0 Å². The van der Waals surface area contributed by atoms with Crippen LogP contribution in [-0.2, 0) is 0 Å². The molecule has 0 bridgehead atoms. The average molecular weight is 266 g/mol. The van der Waals surface area contributed by atoms with Crippen molar-refractivity contribution < 1.29 is 18.0 Å². The number of hydrogen-bond acceptors (Lipinski definition) is 1. The van der Waals surface area contributed by atoms with Gasteiger partial charge in [0.15, 0.2) is 0 Å². The van der Waals surface area contributed by atoms with Gasteiger partial charge in [-0.3, -0.25) is 0 Å². The molecule has 0 radical (unpaired) electrons. The summed E-state index contributed by atoms with van der Waals surface area (Å²) in [4.78, 5) is 11.5. The Bertz CT molecular complexity index is 599. The van der Waals surface area contributed by atoms with Crippen LogP contribution in [0.15, 0.2) is 42.5 Å². The second-order valence-corrected chi connectivity index (χ2v) is 3.71. The molecule has 0 unspecified atom stereocenters. The molecule has 98 valence electrons. The number of carbonyl (C=O) groups excluding carboxylic acids is 1. The van der Waals surface area contributed by atoms with Crippen LogP contribution in [0.5, 0.6) is 0 Å². The maximum atomic E-state index is 13.3. The molecular weight excluding hydrogens is 257 g/mol. The summed E-state index contributed by atoms with van der Waals surface area (Å²) >= 11 is 0. The highest BCUT2D eigenvalue weighted by molar-refractivity contribution is 5.99. The number of benzene rings is 2. The van der Waals surface area contributed by atoms with Gasteiger partial charge >= 0.3 is 6.03 Å². The smallest absolute Gasteiger partial charge is 0.308 e. The zero-order chi connectivity index (χ0) is 13.8. The Morgan fingerprint density at radius 1 is 0.842 bits per heavy atom. The number of urea groups is 1. The summed E-state index contributed by atoms with van der Waals surface area (Å²) in [7, 11) is 0. The largest absolute Gasteiger partial charge is 0.323 e. The van der Waals surface area contributed by atoms with Gasteiger partial charge in [-0.2, -0.15) is 0 Å². The summed E-state index contributed by atoms with van der Waals surface area (Å²) in [5.41, 5.74) is 0.197. The minimum atomic E-state index is -0.880. The third-order valence-corrected chi connectivity index (χ3v) is 2.28. The molecule has 0 atom stereocenters. The first-order valence-corrected chi connectivity index (χ1v) is 5.33. The van der Waals surface area contributed by atoms with E-state index in [2.05, 4.69) is 10.6 Å². The fraction of sp³-hybridized carbons (Fsp3) is 0. The van der Waals surface area contributed by atoms with Gasteiger partial charge in [-0.15, -0.1) is 0 Å². The van der Waals surface area contributed by atoms with Gasteiger partial charge in [-0.1, -0.05) is 0 Å². The van der Waals surface area contributed by atoms with Crippen LogP contribution in [0.3, 0.4) is 0 Å². The van der Waals surface area contributed by atoms with E-state index in [-0.39, 0.29) is 5.69 Å². The summed E-state index contributed by atoms with van der Waals surface area (Å²) in [6, 6.07) is 7.14. The highest BCUT2D eigenvalue weighted by Gasteiger charge is 2.08. The molecule has 2 aromatic rings. The highest BCUT2D eigenvalue weighted by Crippen LogP contribution is 2.15. The zero-order valence-electron chi connectivity index (χ0n) is 9.58. The van der Waals surface area contributed by atoms with Gasteiger partial charge in [0.2, 0.25) is 0 Å². The molecule has 0 heterocycles. The maximum absolute atomic E-state index is 13.3. The van der Waals surface area contributed by atoms with E-state index in [9.17, 15) is 18.0 Å². The predicted molar refractivity (Wildman–Crippen MR) is 65.4 cm³/mol. The standard InChI is InChI=1S/C13H9F3N2O/c14-8-1-4-10(5-2-8)17-13(19)18-12-6-3-9(15)7-11(12)16/h1-7H,(H2,17,18,19). The normalized spacial score (nSPS) is 10.1. The second kappa shape index (κ2) is 5.43. The number of rotatable bonds is 2. The summed E-state index contributed by atoms with van der Waals surface area (Å²) in [5, 5.41) is 4.60. The van der Waals surface area contributed by atoms with Crippen molar-refractivity contribution in [3.05, 3.63) is 59.9 Å². The lowest BCUT2D eigenvalue weighted by atomic mass is 10.3. The summed E-state index contributed by atoms with van der Waals surface area (Å²) in [6.45, 7) is 0. The SMILES string of the molecule is O=C(Nc1ccc(F)cc1)Nc1ccc(F)cc1F. The topological polar surface area (TPSA) is 41.1 Å². The van der Waals surface area contributed by atoms with Crippen molar-refractivity contribution >= 4 is 17.4 Å². The summed E-state index contributed by atoms with van der Waals surface area (Å²) < 4.78 is 38.6. The molecule has 0 spiro atoms. The monoisotopic (exact) mass is 266 g/mol. The van der Waals surface area contributed by atoms with E-state index in [1.165, 1.54) is 24.3 Å². The van der Waals surface area contributed by atoms with Crippen LogP contribution in [0.25, 0.3) is 0 Å². The van der Waals surface area contributed by atoms with Gasteiger partial charge in [0.1, 0.15) is 17.5 Å². The lowest BCUT2D eigenvalue weighted by Gasteiger charge is -2.08. The van der Waals surface area contributed by atoms with Gasteiger partial charge in [0.25, 0.3) is 0 Å². The van der Waals surface area contributed by atoms with Crippen molar-refractivity contribution in [2.45, 2.75) is 0 Å². The Balaban J connectivity index is 2.03. The Hall–Kier alpha value is -2.50. The van der Waals surface area contributed by atoms with E-state index in [4.69, 9.17) is 0 Å². The van der Waals surface area contributed by atoms with Gasteiger partial charge < -0.3 is 10.6 Å². The fourth-order valence-electron chi connectivity index (χ4n) is 1.41. The maximum Gasteiger partial charge on any atom is 0.323 e. The third-order valence-electron chi connectivity index (χ3n) is 2.28. The zero-order valence-corrected chi connectivity index (χ0v) is 9.58. The van der Waals surface area contributed by atoms with Crippen LogP contribution < -0.4 is 10.6 Å². The van der Waals surface area contributed by atoms with Crippen LogP contribution in [0.2, 0.25) is 0 Å². The predicted octanol–water partition coefficient (Wildman–Crippen LogP) is 3.75. The van der Waals surface area contributed by atoms with Crippen molar-refractivity contribution in [2.75, 3.05) is 10.6 Å². The average Bonchev–Trinajstić information content (AvgIpc) is 2.36. The molecule has 19 heavy (non-hydrogen) atoms. The Morgan fingerprint density at radius 2 is 1.47 bits per heavy atom. The van der Waals surface area contributed by atoms with Crippen molar-refractivity contribution in [3.63, 3.8) is 0 Å². The molecule has 0 aliphatic rings. The van der Waals surface area contributed by atoms with Crippen LogP contribution in [0.4, 0.5) is 29.3 Å². The van der Waals surface area contributed by atoms with Crippen LogP contribution >= 0.6 is 0 Å². The summed E-state index contributed by atoms with van der Waals surface area (Å²) in [5.74, 6) is -2.05. The molecule has 2 rings (SSSR count). The lowest BCUT2D eigenvalue weighted by Crippen LogP contribution is -2.20. The molecule has 0 aromatic heterocycles. The van der Waals surface area contributed by atoms with Crippen molar-refractivity contribution in [3.8, 4) is 0 Å². The van der Waals surface area contributed by atoms with E-state index in [1.807, 2.05) is 0 Å². The molecule has 2 aromatic carbocycles. The Labute approximate surface area is 107 Å². The number of amides is 2. The van der Waals surface area contributed by atoms with E-state index in [0.29, 0.717) is 11.8 Å². The van der Waals surface area contributed by atoms with Crippen LogP contribution in [0, 0.1) is 17.5 Å².